The molecule has 32 heavy (non-hydrogen) atoms. The maximum atomic E-state index is 13.1. The van der Waals surface area contributed by atoms with Crippen molar-refractivity contribution in [1.82, 2.24) is 20.4 Å². The molecule has 0 saturated carbocycles. The zero-order valence-corrected chi connectivity index (χ0v) is 20.1. The van der Waals surface area contributed by atoms with Gasteiger partial charge in [0.25, 0.3) is 5.91 Å². The maximum absolute atomic E-state index is 13.1. The lowest BCUT2D eigenvalue weighted by Crippen LogP contribution is -2.46. The molecule has 1 aromatic carbocycles. The molecule has 176 valence electrons. The molecule has 0 bridgehead atoms. The second-order valence-corrected chi connectivity index (χ2v) is 12.2. The Morgan fingerprint density at radius 3 is 2.41 bits per heavy atom. The van der Waals surface area contributed by atoms with E-state index in [4.69, 9.17) is 0 Å². The molecule has 9 nitrogen and oxygen atoms in total. The van der Waals surface area contributed by atoms with Gasteiger partial charge in [0.15, 0.2) is 9.84 Å². The fourth-order valence-corrected chi connectivity index (χ4v) is 5.72. The third kappa shape index (κ3) is 5.12. The molecular weight excluding hydrogens is 432 g/mol. The molecule has 2 aliphatic heterocycles. The van der Waals surface area contributed by atoms with Crippen LogP contribution in [0.5, 0.6) is 0 Å². The van der Waals surface area contributed by atoms with E-state index in [1.165, 1.54) is 0 Å². The molecular formula is C22H32N4O5S. The SMILES string of the molecule is CN(CC(=O)NC1CCS(=O)(=O)C1)CN1C(=O)NC(C)(c2ccc(C(C)(C)C)cc2)C1=O. The number of carbonyl (C=O) groups excluding carboxylic acids is 3. The summed E-state index contributed by atoms with van der Waals surface area (Å²) in [5.74, 6) is -0.713. The minimum absolute atomic E-state index is 0.0274. The van der Waals surface area contributed by atoms with Crippen LogP contribution in [-0.4, -0.2) is 73.9 Å². The lowest BCUT2D eigenvalue weighted by Gasteiger charge is -2.26. The first kappa shape index (κ1) is 24.2. The van der Waals surface area contributed by atoms with Crippen LogP contribution in [0.4, 0.5) is 4.79 Å². The van der Waals surface area contributed by atoms with Crippen molar-refractivity contribution in [2.75, 3.05) is 31.8 Å². The summed E-state index contributed by atoms with van der Waals surface area (Å²) in [4.78, 5) is 40.6. The van der Waals surface area contributed by atoms with Crippen LogP contribution in [0.25, 0.3) is 0 Å². The van der Waals surface area contributed by atoms with E-state index in [0.717, 1.165) is 10.5 Å². The van der Waals surface area contributed by atoms with E-state index in [2.05, 4.69) is 31.4 Å². The fourth-order valence-electron chi connectivity index (χ4n) is 4.04. The summed E-state index contributed by atoms with van der Waals surface area (Å²) in [6.45, 7) is 7.86. The highest BCUT2D eigenvalue weighted by Crippen LogP contribution is 2.31. The van der Waals surface area contributed by atoms with Gasteiger partial charge in [0, 0.05) is 6.04 Å². The van der Waals surface area contributed by atoms with E-state index >= 15 is 0 Å². The van der Waals surface area contributed by atoms with Gasteiger partial charge >= 0.3 is 6.03 Å². The minimum atomic E-state index is -3.09. The molecule has 2 atom stereocenters. The Kier molecular flexibility index (Phi) is 6.41. The average Bonchev–Trinajstić information content (AvgIpc) is 3.12. The van der Waals surface area contributed by atoms with Gasteiger partial charge < -0.3 is 10.6 Å². The van der Waals surface area contributed by atoms with Crippen LogP contribution in [-0.2, 0) is 30.4 Å². The molecule has 2 unspecified atom stereocenters. The predicted molar refractivity (Wildman–Crippen MR) is 121 cm³/mol. The van der Waals surface area contributed by atoms with Gasteiger partial charge in [-0.3, -0.25) is 14.5 Å². The zero-order chi connectivity index (χ0) is 23.9. The van der Waals surface area contributed by atoms with Crippen LogP contribution < -0.4 is 10.6 Å². The lowest BCUT2D eigenvalue weighted by molar-refractivity contribution is -0.133. The zero-order valence-electron chi connectivity index (χ0n) is 19.3. The molecule has 2 heterocycles. The number of urea groups is 1. The molecule has 2 N–H and O–H groups in total. The Bertz CT molecular complexity index is 1020. The van der Waals surface area contributed by atoms with Crippen molar-refractivity contribution < 1.29 is 22.8 Å². The van der Waals surface area contributed by atoms with E-state index in [1.54, 1.807) is 18.9 Å². The number of rotatable bonds is 6. The van der Waals surface area contributed by atoms with Crippen molar-refractivity contribution in [3.05, 3.63) is 35.4 Å². The van der Waals surface area contributed by atoms with Crippen molar-refractivity contribution in [3.8, 4) is 0 Å². The summed E-state index contributed by atoms with van der Waals surface area (Å²) in [6.07, 6.45) is 0.400. The van der Waals surface area contributed by atoms with Gasteiger partial charge in [-0.15, -0.1) is 0 Å². The van der Waals surface area contributed by atoms with Crippen molar-refractivity contribution in [2.24, 2.45) is 0 Å². The van der Waals surface area contributed by atoms with Gasteiger partial charge in [-0.1, -0.05) is 45.0 Å². The summed E-state index contributed by atoms with van der Waals surface area (Å²) in [5.41, 5.74) is 0.600. The molecule has 4 amide bonds. The van der Waals surface area contributed by atoms with Crippen molar-refractivity contribution in [2.45, 2.75) is 51.1 Å². The van der Waals surface area contributed by atoms with Crippen LogP contribution >= 0.6 is 0 Å². The van der Waals surface area contributed by atoms with Crippen molar-refractivity contribution >= 4 is 27.7 Å². The monoisotopic (exact) mass is 464 g/mol. The number of nitrogens with one attached hydrogen (secondary N) is 2. The Balaban J connectivity index is 1.62. The highest BCUT2D eigenvalue weighted by Gasteiger charge is 2.49. The lowest BCUT2D eigenvalue weighted by atomic mass is 9.84. The summed E-state index contributed by atoms with van der Waals surface area (Å²) < 4.78 is 23.1. The van der Waals surface area contributed by atoms with Crippen molar-refractivity contribution in [3.63, 3.8) is 0 Å². The molecule has 0 aliphatic carbocycles. The van der Waals surface area contributed by atoms with E-state index in [0.29, 0.717) is 12.0 Å². The number of imide groups is 1. The standard InChI is InChI=1S/C22H32N4O5S/c1-21(2,3)15-6-8-16(9-7-15)22(4)19(28)26(20(29)24-22)14-25(5)12-18(27)23-17-10-11-32(30,31)13-17/h6-9,17H,10-14H2,1-5H3,(H,23,27)(H,24,29). The topological polar surface area (TPSA) is 116 Å². The largest absolute Gasteiger partial charge is 0.351 e. The Hall–Kier alpha value is -2.46. The van der Waals surface area contributed by atoms with Crippen LogP contribution in [0.1, 0.15) is 45.2 Å². The summed E-state index contributed by atoms with van der Waals surface area (Å²) in [7, 11) is -1.46. The molecule has 3 rings (SSSR count). The number of likely N-dealkylation sites (N-methyl/N-ethyl adjacent to an activating group) is 1. The molecule has 0 aromatic heterocycles. The highest BCUT2D eigenvalue weighted by atomic mass is 32.2. The Labute approximate surface area is 189 Å². The first-order valence-corrected chi connectivity index (χ1v) is 12.5. The number of carbonyl (C=O) groups is 3. The Morgan fingerprint density at radius 1 is 1.25 bits per heavy atom. The average molecular weight is 465 g/mol. The quantitative estimate of drug-likeness (QED) is 0.606. The molecule has 1 aromatic rings. The smallest absolute Gasteiger partial charge is 0.326 e. The molecule has 2 aliphatic rings. The fraction of sp³-hybridized carbons (Fsp3) is 0.591. The van der Waals surface area contributed by atoms with Crippen LogP contribution in [0.2, 0.25) is 0 Å². The number of hydrogen-bond donors (Lipinski definition) is 2. The van der Waals surface area contributed by atoms with Gasteiger partial charge in [-0.25, -0.2) is 18.1 Å². The number of hydrogen-bond acceptors (Lipinski definition) is 6. The number of amides is 4. The number of benzene rings is 1. The number of sulfone groups is 1. The van der Waals surface area contributed by atoms with Crippen LogP contribution in [0.15, 0.2) is 24.3 Å². The van der Waals surface area contributed by atoms with Crippen LogP contribution in [0.3, 0.4) is 0 Å². The Morgan fingerprint density at radius 2 is 1.88 bits per heavy atom. The maximum Gasteiger partial charge on any atom is 0.326 e. The second-order valence-electron chi connectivity index (χ2n) is 9.94. The summed E-state index contributed by atoms with van der Waals surface area (Å²) >= 11 is 0. The minimum Gasteiger partial charge on any atom is -0.351 e. The molecule has 0 spiro atoms. The van der Waals surface area contributed by atoms with E-state index in [9.17, 15) is 22.8 Å². The van der Waals surface area contributed by atoms with Gasteiger partial charge in [0.1, 0.15) is 5.54 Å². The first-order valence-electron chi connectivity index (χ1n) is 10.6. The molecule has 2 fully saturated rings. The molecule has 10 heteroatoms. The summed E-state index contributed by atoms with van der Waals surface area (Å²) in [6, 6.07) is 6.72. The third-order valence-electron chi connectivity index (χ3n) is 6.00. The predicted octanol–water partition coefficient (Wildman–Crippen LogP) is 0.944. The van der Waals surface area contributed by atoms with Gasteiger partial charge in [0.2, 0.25) is 5.91 Å². The summed E-state index contributed by atoms with van der Waals surface area (Å²) in [5, 5.41) is 5.48. The molecule has 2 saturated heterocycles. The second kappa shape index (κ2) is 8.47. The van der Waals surface area contributed by atoms with Gasteiger partial charge in [-0.05, 0) is 36.9 Å². The normalized spacial score (nSPS) is 25.3. The highest BCUT2D eigenvalue weighted by molar-refractivity contribution is 7.91. The third-order valence-corrected chi connectivity index (χ3v) is 7.77. The van der Waals surface area contributed by atoms with E-state index in [1.807, 2.05) is 24.3 Å². The molecule has 0 radical (unpaired) electrons. The number of nitrogens with zero attached hydrogens (tertiary/aromatic N) is 2. The van der Waals surface area contributed by atoms with E-state index < -0.39 is 27.4 Å². The van der Waals surface area contributed by atoms with E-state index in [-0.39, 0.29) is 41.9 Å². The van der Waals surface area contributed by atoms with Gasteiger partial charge in [0.05, 0.1) is 24.7 Å². The van der Waals surface area contributed by atoms with Gasteiger partial charge in [-0.2, -0.15) is 0 Å². The van der Waals surface area contributed by atoms with Crippen molar-refractivity contribution in [1.29, 1.82) is 0 Å². The first-order chi connectivity index (χ1) is 14.7. The van der Waals surface area contributed by atoms with Crippen LogP contribution in [0, 0.1) is 0 Å².